The summed E-state index contributed by atoms with van der Waals surface area (Å²) in [4.78, 5) is 13.8. The number of hydrogen-bond donors (Lipinski definition) is 3. The van der Waals surface area contributed by atoms with Gasteiger partial charge < -0.3 is 5.32 Å². The fourth-order valence-electron chi connectivity index (χ4n) is 2.28. The summed E-state index contributed by atoms with van der Waals surface area (Å²) in [7, 11) is 0. The number of nitrogens with one attached hydrogen (secondary N) is 3. The van der Waals surface area contributed by atoms with Crippen LogP contribution in [0.15, 0.2) is 4.79 Å². The fraction of sp³-hybridized carbons (Fsp3) is 0.778. The van der Waals surface area contributed by atoms with Gasteiger partial charge in [0.05, 0.1) is 0 Å². The molecular weight excluding hydrogens is 180 g/mol. The van der Waals surface area contributed by atoms with E-state index in [9.17, 15) is 4.79 Å². The molecule has 3 N–H and O–H groups in total. The Morgan fingerprint density at radius 3 is 2.93 bits per heavy atom. The van der Waals surface area contributed by atoms with Gasteiger partial charge in [0.25, 0.3) is 0 Å². The fourth-order valence-corrected chi connectivity index (χ4v) is 2.28. The summed E-state index contributed by atoms with van der Waals surface area (Å²) in [6.45, 7) is 4.08. The summed E-state index contributed by atoms with van der Waals surface area (Å²) in [6.07, 6.45) is 3.24. The highest BCUT2D eigenvalue weighted by Gasteiger charge is 2.37. The van der Waals surface area contributed by atoms with E-state index in [0.29, 0.717) is 0 Å². The summed E-state index contributed by atoms with van der Waals surface area (Å²) >= 11 is 0. The van der Waals surface area contributed by atoms with E-state index >= 15 is 0 Å². The van der Waals surface area contributed by atoms with Gasteiger partial charge in [0.15, 0.2) is 0 Å². The number of nitrogens with zero attached hydrogens (tertiary/aromatic N) is 1. The van der Waals surface area contributed by atoms with Crippen LogP contribution >= 0.6 is 0 Å². The van der Waals surface area contributed by atoms with Crippen molar-refractivity contribution in [1.82, 2.24) is 20.5 Å². The number of H-pyrrole nitrogens is 2. The van der Waals surface area contributed by atoms with Crippen molar-refractivity contribution in [2.24, 2.45) is 0 Å². The van der Waals surface area contributed by atoms with Crippen LogP contribution in [-0.2, 0) is 5.41 Å². The zero-order valence-electron chi connectivity index (χ0n) is 8.39. The van der Waals surface area contributed by atoms with Gasteiger partial charge in [-0.3, -0.25) is 4.98 Å². The Kier molecular flexibility index (Phi) is 2.41. The molecule has 0 aliphatic carbocycles. The van der Waals surface area contributed by atoms with Crippen LogP contribution in [0.5, 0.6) is 0 Å². The van der Waals surface area contributed by atoms with Crippen LogP contribution in [0.2, 0.25) is 0 Å². The molecule has 1 atom stereocenters. The van der Waals surface area contributed by atoms with Gasteiger partial charge >= 0.3 is 5.69 Å². The van der Waals surface area contributed by atoms with Crippen molar-refractivity contribution < 1.29 is 0 Å². The van der Waals surface area contributed by atoms with Gasteiger partial charge in [0, 0.05) is 12.0 Å². The topological polar surface area (TPSA) is 73.6 Å². The van der Waals surface area contributed by atoms with Crippen molar-refractivity contribution in [1.29, 1.82) is 0 Å². The standard InChI is InChI=1S/C9H16N4O/c1-2-3-9(4-5-10-6-9)7-11-8(14)13-12-7/h10H,2-6H2,1H3,(H2,11,12,13,14). The Hall–Kier alpha value is -1.10. The lowest BCUT2D eigenvalue weighted by Gasteiger charge is -2.24. The van der Waals surface area contributed by atoms with E-state index in [2.05, 4.69) is 27.4 Å². The summed E-state index contributed by atoms with van der Waals surface area (Å²) < 4.78 is 0. The van der Waals surface area contributed by atoms with Gasteiger partial charge in [-0.2, -0.15) is 5.10 Å². The number of rotatable bonds is 3. The van der Waals surface area contributed by atoms with Crippen LogP contribution in [0, 0.1) is 0 Å². The second-order valence-corrected chi connectivity index (χ2v) is 3.98. The van der Waals surface area contributed by atoms with Crippen molar-refractivity contribution in [2.75, 3.05) is 13.1 Å². The normalized spacial score (nSPS) is 26.9. The van der Waals surface area contributed by atoms with E-state index in [0.717, 1.165) is 38.2 Å². The maximum absolute atomic E-state index is 11.0. The van der Waals surface area contributed by atoms with Crippen LogP contribution in [0.3, 0.4) is 0 Å². The van der Waals surface area contributed by atoms with Crippen molar-refractivity contribution >= 4 is 0 Å². The molecule has 5 heteroatoms. The maximum Gasteiger partial charge on any atom is 0.340 e. The van der Waals surface area contributed by atoms with Crippen molar-refractivity contribution in [3.8, 4) is 0 Å². The monoisotopic (exact) mass is 196 g/mol. The van der Waals surface area contributed by atoms with E-state index in [-0.39, 0.29) is 11.1 Å². The molecule has 0 spiro atoms. The smallest absolute Gasteiger partial charge is 0.316 e. The maximum atomic E-state index is 11.0. The lowest BCUT2D eigenvalue weighted by Crippen LogP contribution is -2.30. The summed E-state index contributed by atoms with van der Waals surface area (Å²) in [5, 5.41) is 9.83. The zero-order chi connectivity index (χ0) is 10.0. The molecule has 14 heavy (non-hydrogen) atoms. The average molecular weight is 196 g/mol. The third-order valence-corrected chi connectivity index (χ3v) is 2.98. The Bertz CT molecular complexity index is 348. The molecule has 78 valence electrons. The molecule has 2 rings (SSSR count). The molecule has 0 saturated carbocycles. The van der Waals surface area contributed by atoms with Crippen molar-refractivity contribution in [3.63, 3.8) is 0 Å². The van der Waals surface area contributed by atoms with E-state index < -0.39 is 0 Å². The predicted molar refractivity (Wildman–Crippen MR) is 53.3 cm³/mol. The first-order chi connectivity index (χ1) is 6.77. The van der Waals surface area contributed by atoms with Crippen molar-refractivity contribution in [3.05, 3.63) is 16.3 Å². The molecule has 0 aromatic carbocycles. The molecule has 0 radical (unpaired) electrons. The average Bonchev–Trinajstić information content (AvgIpc) is 2.75. The lowest BCUT2D eigenvalue weighted by atomic mass is 9.82. The van der Waals surface area contributed by atoms with Gasteiger partial charge in [0.1, 0.15) is 5.82 Å². The SMILES string of the molecule is CCCC1(c2n[nH]c(=O)[nH]2)CCNC1. The predicted octanol–water partition coefficient (Wildman–Crippen LogP) is 0.129. The molecule has 1 aromatic heterocycles. The molecule has 0 bridgehead atoms. The molecule has 1 aliphatic rings. The Morgan fingerprint density at radius 1 is 1.57 bits per heavy atom. The van der Waals surface area contributed by atoms with E-state index in [1.807, 2.05) is 0 Å². The van der Waals surface area contributed by atoms with Gasteiger partial charge in [-0.25, -0.2) is 9.89 Å². The third kappa shape index (κ3) is 1.48. The largest absolute Gasteiger partial charge is 0.340 e. The highest BCUT2D eigenvalue weighted by molar-refractivity contribution is 5.10. The van der Waals surface area contributed by atoms with Gasteiger partial charge in [-0.05, 0) is 19.4 Å². The van der Waals surface area contributed by atoms with Crippen molar-refractivity contribution in [2.45, 2.75) is 31.6 Å². The molecule has 0 amide bonds. The molecular formula is C9H16N4O. The lowest BCUT2D eigenvalue weighted by molar-refractivity contribution is 0.403. The molecule has 1 aromatic rings. The first kappa shape index (κ1) is 9.45. The van der Waals surface area contributed by atoms with E-state index in [4.69, 9.17) is 0 Å². The molecule has 1 fully saturated rings. The van der Waals surface area contributed by atoms with Crippen LogP contribution in [0.25, 0.3) is 0 Å². The molecule has 1 saturated heterocycles. The second-order valence-electron chi connectivity index (χ2n) is 3.98. The first-order valence-corrected chi connectivity index (χ1v) is 5.13. The van der Waals surface area contributed by atoms with Gasteiger partial charge in [0.2, 0.25) is 0 Å². The van der Waals surface area contributed by atoms with Gasteiger partial charge in [-0.1, -0.05) is 13.3 Å². The number of aromatic nitrogens is 3. The minimum absolute atomic E-state index is 0.0495. The number of aromatic amines is 2. The van der Waals surface area contributed by atoms with E-state index in [1.165, 1.54) is 0 Å². The molecule has 2 heterocycles. The van der Waals surface area contributed by atoms with Crippen LogP contribution < -0.4 is 11.0 Å². The Balaban J connectivity index is 2.30. The van der Waals surface area contributed by atoms with Crippen LogP contribution in [-0.4, -0.2) is 28.3 Å². The molecule has 1 unspecified atom stereocenters. The Morgan fingerprint density at radius 2 is 2.43 bits per heavy atom. The highest BCUT2D eigenvalue weighted by atomic mass is 16.1. The quantitative estimate of drug-likeness (QED) is 0.643. The van der Waals surface area contributed by atoms with E-state index in [1.54, 1.807) is 0 Å². The van der Waals surface area contributed by atoms with Crippen LogP contribution in [0.1, 0.15) is 32.0 Å². The Labute approximate surface area is 82.3 Å². The minimum atomic E-state index is -0.206. The van der Waals surface area contributed by atoms with Gasteiger partial charge in [-0.15, -0.1) is 0 Å². The zero-order valence-corrected chi connectivity index (χ0v) is 8.39. The molecule has 5 nitrogen and oxygen atoms in total. The highest BCUT2D eigenvalue weighted by Crippen LogP contribution is 2.32. The molecule has 1 aliphatic heterocycles. The van der Waals surface area contributed by atoms with Crippen LogP contribution in [0.4, 0.5) is 0 Å². The minimum Gasteiger partial charge on any atom is -0.316 e. The summed E-state index contributed by atoms with van der Waals surface area (Å²) in [5.41, 5.74) is -0.157. The summed E-state index contributed by atoms with van der Waals surface area (Å²) in [5.74, 6) is 0.814. The first-order valence-electron chi connectivity index (χ1n) is 5.13. The third-order valence-electron chi connectivity index (χ3n) is 2.98. The summed E-state index contributed by atoms with van der Waals surface area (Å²) in [6, 6.07) is 0. The second kappa shape index (κ2) is 3.57. The number of hydrogen-bond acceptors (Lipinski definition) is 3.